The molecular weight excluding hydrogens is 708 g/mol. The van der Waals surface area contributed by atoms with Crippen LogP contribution in [0.2, 0.25) is 0 Å². The summed E-state index contributed by atoms with van der Waals surface area (Å²) in [5, 5.41) is 22.5. The van der Waals surface area contributed by atoms with Crippen LogP contribution in [0.3, 0.4) is 0 Å². The number of H-pyrrole nitrogens is 1. The fraction of sp³-hybridized carbons (Fsp3) is 0.455. The van der Waals surface area contributed by atoms with E-state index in [9.17, 15) is 29.6 Å². The number of aliphatic hydroxyl groups is 2. The molecule has 10 atom stereocenters. The number of aromatic amines is 1. The van der Waals surface area contributed by atoms with E-state index < -0.39 is 86.8 Å². The Hall–Kier alpha value is -2.86. The quantitative estimate of drug-likeness (QED) is 0.108. The van der Waals surface area contributed by atoms with Gasteiger partial charge < -0.3 is 50.0 Å². The summed E-state index contributed by atoms with van der Waals surface area (Å²) in [5.41, 5.74) is 10.0. The lowest BCUT2D eigenvalue weighted by Gasteiger charge is -2.28. The van der Waals surface area contributed by atoms with E-state index in [2.05, 4.69) is 24.9 Å². The second-order valence-electron chi connectivity index (χ2n) is 10.6. The number of hydrogen-bond acceptors (Lipinski definition) is 18. The van der Waals surface area contributed by atoms with Gasteiger partial charge in [0.1, 0.15) is 48.8 Å². The Kier molecular flexibility index (Phi) is 8.29. The van der Waals surface area contributed by atoms with E-state index in [1.165, 1.54) is 23.0 Å². The summed E-state index contributed by atoms with van der Waals surface area (Å²) in [6.07, 6.45) is -9.30. The van der Waals surface area contributed by atoms with Gasteiger partial charge in [-0.15, -0.1) is 0 Å². The number of aromatic nitrogens is 7. The van der Waals surface area contributed by atoms with Crippen LogP contribution in [0, 0.1) is 0 Å². The topological polar surface area (TPSA) is 300 Å². The second kappa shape index (κ2) is 11.9. The van der Waals surface area contributed by atoms with E-state index in [1.807, 2.05) is 0 Å². The van der Waals surface area contributed by atoms with Crippen molar-refractivity contribution in [2.24, 2.45) is 0 Å². The SMILES string of the molecule is Nc1ccc2c(=O)n(C3OC4COP(O)(=S)OC5C(O)C(COP(O)(=S)OC4C3O)OC5n3cnc4c(=O)[nH]c(N)nc43)cnc2n1. The van der Waals surface area contributed by atoms with Gasteiger partial charge in [-0.2, -0.15) is 4.98 Å². The van der Waals surface area contributed by atoms with Crippen molar-refractivity contribution in [3.63, 3.8) is 0 Å². The maximum Gasteiger partial charge on any atom is 0.325 e. The summed E-state index contributed by atoms with van der Waals surface area (Å²) in [7, 11) is 0. The van der Waals surface area contributed by atoms with Gasteiger partial charge in [0, 0.05) is 0 Å². The molecule has 10 unspecified atom stereocenters. The van der Waals surface area contributed by atoms with Crippen LogP contribution in [0.4, 0.5) is 11.8 Å². The van der Waals surface area contributed by atoms with Crippen LogP contribution in [0.15, 0.2) is 34.4 Å². The van der Waals surface area contributed by atoms with E-state index in [1.54, 1.807) is 0 Å². The Labute approximate surface area is 271 Å². The van der Waals surface area contributed by atoms with Gasteiger partial charge in [-0.05, 0) is 35.7 Å². The van der Waals surface area contributed by atoms with Gasteiger partial charge in [0.05, 0.1) is 24.9 Å². The molecule has 0 aliphatic carbocycles. The predicted molar refractivity (Wildman–Crippen MR) is 165 cm³/mol. The number of nitrogens with two attached hydrogens (primary N) is 2. The van der Waals surface area contributed by atoms with Gasteiger partial charge in [0.25, 0.3) is 11.1 Å². The van der Waals surface area contributed by atoms with Crippen molar-refractivity contribution in [1.29, 1.82) is 0 Å². The third-order valence-corrected chi connectivity index (χ3v) is 10.7. The Bertz CT molecular complexity index is 2100. The number of nitrogens with zero attached hydrogens (tertiary/aromatic N) is 6. The first-order valence-corrected chi connectivity index (χ1v) is 18.7. The summed E-state index contributed by atoms with van der Waals surface area (Å²) < 4.78 is 36.5. The molecule has 3 aliphatic heterocycles. The first-order valence-electron chi connectivity index (χ1n) is 13.6. The number of imidazole rings is 1. The number of fused-ring (bicyclic) bond motifs is 5. The molecule has 3 fully saturated rings. The summed E-state index contributed by atoms with van der Waals surface area (Å²) in [4.78, 5) is 66.3. The zero-order chi connectivity index (χ0) is 33.4. The van der Waals surface area contributed by atoms with Crippen LogP contribution < -0.4 is 22.6 Å². The third kappa shape index (κ3) is 6.02. The Morgan fingerprint density at radius 1 is 0.872 bits per heavy atom. The molecule has 0 aromatic carbocycles. The van der Waals surface area contributed by atoms with Gasteiger partial charge in [0.2, 0.25) is 5.95 Å². The molecule has 7 heterocycles. The van der Waals surface area contributed by atoms with E-state index in [0.717, 1.165) is 10.9 Å². The minimum Gasteiger partial charge on any atom is -0.387 e. The molecule has 3 saturated heterocycles. The summed E-state index contributed by atoms with van der Waals surface area (Å²) >= 11 is 10.4. The van der Waals surface area contributed by atoms with Crippen LogP contribution in [0.5, 0.6) is 0 Å². The minimum atomic E-state index is -4.29. The molecule has 0 radical (unpaired) electrons. The molecule has 21 nitrogen and oxygen atoms in total. The zero-order valence-electron chi connectivity index (χ0n) is 23.4. The number of nitrogen functional groups attached to an aromatic ring is 2. The zero-order valence-corrected chi connectivity index (χ0v) is 26.9. The molecule has 0 saturated carbocycles. The molecule has 25 heteroatoms. The normalized spacial score (nSPS) is 36.5. The van der Waals surface area contributed by atoms with Crippen LogP contribution in [0.25, 0.3) is 22.2 Å². The summed E-state index contributed by atoms with van der Waals surface area (Å²) in [5.74, 6) is -0.0906. The molecule has 4 aromatic rings. The lowest BCUT2D eigenvalue weighted by atomic mass is 10.1. The van der Waals surface area contributed by atoms with Crippen molar-refractivity contribution in [1.82, 2.24) is 34.1 Å². The fourth-order valence-electron chi connectivity index (χ4n) is 5.46. The molecule has 7 rings (SSSR count). The molecule has 2 bridgehead atoms. The lowest BCUT2D eigenvalue weighted by molar-refractivity contribution is -0.0619. The molecule has 252 valence electrons. The molecule has 4 aromatic heterocycles. The van der Waals surface area contributed by atoms with Crippen molar-refractivity contribution >= 4 is 71.0 Å². The highest BCUT2D eigenvalue weighted by atomic mass is 32.5. The smallest absolute Gasteiger partial charge is 0.325 e. The Balaban J connectivity index is 1.21. The van der Waals surface area contributed by atoms with Gasteiger partial charge >= 0.3 is 13.4 Å². The van der Waals surface area contributed by atoms with Crippen molar-refractivity contribution in [2.45, 2.75) is 49.1 Å². The number of rotatable bonds is 2. The fourth-order valence-corrected chi connectivity index (χ4v) is 8.32. The standard InChI is InChI=1S/C22H25N9O12P2S2/c23-10-2-1-7-16(27-10)26-6-31(19(7)35)20-13(33)14-9(41-20)4-39-45(37,47)43-15-12(32)8(3-38-44(36,46)42-14)40-21(15)30-5-25-11-17(30)28-22(24)29-18(11)34/h1-2,5-6,8-9,12-15,20-21,32-33H,3-4H2,(H2,23,27)(H,36,46)(H,37,47)(H3,24,28,29,34). The van der Waals surface area contributed by atoms with Crippen molar-refractivity contribution in [3.8, 4) is 0 Å². The highest BCUT2D eigenvalue weighted by Crippen LogP contribution is 2.53. The van der Waals surface area contributed by atoms with Crippen molar-refractivity contribution < 1.29 is 47.6 Å². The average Bonchev–Trinajstić information content (AvgIpc) is 3.64. The number of anilines is 2. The average molecular weight is 734 g/mol. The number of pyridine rings is 1. The number of nitrogens with one attached hydrogen (secondary N) is 1. The van der Waals surface area contributed by atoms with Crippen LogP contribution in [-0.2, 0) is 51.2 Å². The van der Waals surface area contributed by atoms with Crippen molar-refractivity contribution in [3.05, 3.63) is 45.5 Å². The van der Waals surface area contributed by atoms with Gasteiger partial charge in [-0.1, -0.05) is 0 Å². The Morgan fingerprint density at radius 2 is 1.53 bits per heavy atom. The van der Waals surface area contributed by atoms with Gasteiger partial charge in [-0.3, -0.25) is 32.8 Å². The van der Waals surface area contributed by atoms with Crippen LogP contribution in [0.1, 0.15) is 12.5 Å². The first-order chi connectivity index (χ1) is 22.2. The first kappa shape index (κ1) is 32.7. The number of aliphatic hydroxyl groups excluding tert-OH is 2. The number of hydrogen-bond donors (Lipinski definition) is 7. The largest absolute Gasteiger partial charge is 0.387 e. The van der Waals surface area contributed by atoms with E-state index in [-0.39, 0.29) is 34.0 Å². The molecule has 0 amide bonds. The van der Waals surface area contributed by atoms with E-state index >= 15 is 0 Å². The Morgan fingerprint density at radius 3 is 2.28 bits per heavy atom. The molecule has 0 spiro atoms. The lowest BCUT2D eigenvalue weighted by Crippen LogP contribution is -2.37. The third-order valence-electron chi connectivity index (χ3n) is 7.60. The monoisotopic (exact) mass is 733 g/mol. The van der Waals surface area contributed by atoms with Gasteiger partial charge in [0.15, 0.2) is 29.3 Å². The van der Waals surface area contributed by atoms with E-state index in [0.29, 0.717) is 0 Å². The highest BCUT2D eigenvalue weighted by molar-refractivity contribution is 8.07. The summed E-state index contributed by atoms with van der Waals surface area (Å²) in [6.45, 7) is -9.73. The maximum absolute atomic E-state index is 13.3. The highest BCUT2D eigenvalue weighted by Gasteiger charge is 2.52. The van der Waals surface area contributed by atoms with Crippen LogP contribution in [-0.4, -0.2) is 104 Å². The van der Waals surface area contributed by atoms with Crippen LogP contribution >= 0.6 is 13.4 Å². The molecule has 47 heavy (non-hydrogen) atoms. The van der Waals surface area contributed by atoms with E-state index in [4.69, 9.17) is 62.6 Å². The summed E-state index contributed by atoms with van der Waals surface area (Å²) in [6, 6.07) is 2.81. The molecule has 9 N–H and O–H groups in total. The number of ether oxygens (including phenoxy) is 2. The second-order valence-corrected chi connectivity index (χ2v) is 16.2. The molecule has 3 aliphatic rings. The van der Waals surface area contributed by atoms with Gasteiger partial charge in [-0.25, -0.2) is 15.0 Å². The minimum absolute atomic E-state index is 0.0394. The predicted octanol–water partition coefficient (Wildman–Crippen LogP) is -2.14. The maximum atomic E-state index is 13.3. The van der Waals surface area contributed by atoms with Crippen molar-refractivity contribution in [2.75, 3.05) is 24.7 Å². The molecular formula is C22H25N9O12P2S2.